The van der Waals surface area contributed by atoms with Crippen molar-refractivity contribution in [1.82, 2.24) is 0 Å². The van der Waals surface area contributed by atoms with Crippen LogP contribution in [0.2, 0.25) is 0 Å². The van der Waals surface area contributed by atoms with Crippen LogP contribution in [0.4, 0.5) is 4.79 Å². The standard InChI is InChI=1S/C10H18O5/c1-2-3-4-5-6-7-8-10(12,13)15-9(11)14-8/h8,12-13H,2-7H2,1H3. The molecule has 5 heteroatoms. The second-order valence-electron chi connectivity index (χ2n) is 3.82. The zero-order chi connectivity index (χ0) is 11.3. The van der Waals surface area contributed by atoms with E-state index in [2.05, 4.69) is 16.4 Å². The molecule has 0 radical (unpaired) electrons. The zero-order valence-electron chi connectivity index (χ0n) is 8.94. The number of unbranched alkanes of at least 4 members (excludes halogenated alkanes) is 4. The molecule has 5 nitrogen and oxygen atoms in total. The molecule has 0 aliphatic carbocycles. The Balaban J connectivity index is 2.18. The predicted molar refractivity (Wildman–Crippen MR) is 51.9 cm³/mol. The minimum atomic E-state index is -2.44. The highest BCUT2D eigenvalue weighted by atomic mass is 16.9. The van der Waals surface area contributed by atoms with Crippen molar-refractivity contribution in [3.63, 3.8) is 0 Å². The summed E-state index contributed by atoms with van der Waals surface area (Å²) in [6.07, 6.45) is 3.69. The maximum absolute atomic E-state index is 10.6. The molecule has 0 saturated carbocycles. The summed E-state index contributed by atoms with van der Waals surface area (Å²) in [5, 5.41) is 18.4. The topological polar surface area (TPSA) is 76.0 Å². The lowest BCUT2D eigenvalue weighted by atomic mass is 10.1. The maximum atomic E-state index is 10.6. The van der Waals surface area contributed by atoms with Gasteiger partial charge in [0.2, 0.25) is 0 Å². The first-order valence-corrected chi connectivity index (χ1v) is 5.40. The van der Waals surface area contributed by atoms with E-state index < -0.39 is 18.2 Å². The molecule has 1 atom stereocenters. The number of cyclic esters (lactones) is 2. The highest BCUT2D eigenvalue weighted by Crippen LogP contribution is 2.26. The van der Waals surface area contributed by atoms with E-state index in [0.717, 1.165) is 25.7 Å². The summed E-state index contributed by atoms with van der Waals surface area (Å²) in [4.78, 5) is 10.6. The maximum Gasteiger partial charge on any atom is 0.513 e. The number of aliphatic hydroxyl groups is 2. The van der Waals surface area contributed by atoms with Gasteiger partial charge in [-0.2, -0.15) is 0 Å². The molecule has 15 heavy (non-hydrogen) atoms. The Morgan fingerprint density at radius 3 is 2.47 bits per heavy atom. The average Bonchev–Trinajstić information content (AvgIpc) is 2.39. The van der Waals surface area contributed by atoms with Crippen molar-refractivity contribution in [1.29, 1.82) is 0 Å². The molecule has 2 N–H and O–H groups in total. The van der Waals surface area contributed by atoms with Gasteiger partial charge in [0.1, 0.15) is 0 Å². The molecule has 0 amide bonds. The van der Waals surface area contributed by atoms with E-state index in [9.17, 15) is 15.0 Å². The highest BCUT2D eigenvalue weighted by molar-refractivity contribution is 5.62. The largest absolute Gasteiger partial charge is 0.513 e. The molecule has 1 saturated heterocycles. The molecule has 1 unspecified atom stereocenters. The van der Waals surface area contributed by atoms with E-state index in [1.165, 1.54) is 6.42 Å². The van der Waals surface area contributed by atoms with E-state index in [0.29, 0.717) is 6.42 Å². The number of carbonyl (C=O) groups is 1. The van der Waals surface area contributed by atoms with Crippen LogP contribution in [0.5, 0.6) is 0 Å². The van der Waals surface area contributed by atoms with E-state index >= 15 is 0 Å². The summed E-state index contributed by atoms with van der Waals surface area (Å²) >= 11 is 0. The molecular formula is C10H18O5. The molecule has 1 aliphatic rings. The minimum absolute atomic E-state index is 0.419. The fraction of sp³-hybridized carbons (Fsp3) is 0.900. The van der Waals surface area contributed by atoms with E-state index in [4.69, 9.17) is 0 Å². The third-order valence-electron chi connectivity index (χ3n) is 2.46. The quantitative estimate of drug-likeness (QED) is 0.401. The number of ether oxygens (including phenoxy) is 2. The minimum Gasteiger partial charge on any atom is -0.421 e. The lowest BCUT2D eigenvalue weighted by molar-refractivity contribution is -0.310. The third kappa shape index (κ3) is 3.68. The van der Waals surface area contributed by atoms with Gasteiger partial charge in [0.15, 0.2) is 6.10 Å². The van der Waals surface area contributed by atoms with Gasteiger partial charge in [-0.3, -0.25) is 0 Å². The van der Waals surface area contributed by atoms with Crippen molar-refractivity contribution in [2.24, 2.45) is 0 Å². The number of hydrogen-bond acceptors (Lipinski definition) is 5. The second kappa shape index (κ2) is 5.32. The second-order valence-corrected chi connectivity index (χ2v) is 3.82. The molecule has 88 valence electrons. The Kier molecular flexibility index (Phi) is 4.35. The molecule has 0 aromatic rings. The van der Waals surface area contributed by atoms with Crippen LogP contribution in [-0.2, 0) is 9.47 Å². The molecule has 0 aromatic carbocycles. The summed E-state index contributed by atoms with van der Waals surface area (Å²) in [6.45, 7) is 2.12. The molecular weight excluding hydrogens is 200 g/mol. The van der Waals surface area contributed by atoms with Gasteiger partial charge in [-0.15, -0.1) is 0 Å². The van der Waals surface area contributed by atoms with Crippen molar-refractivity contribution in [3.8, 4) is 0 Å². The van der Waals surface area contributed by atoms with Crippen molar-refractivity contribution < 1.29 is 24.5 Å². The van der Waals surface area contributed by atoms with Crippen LogP contribution in [0.25, 0.3) is 0 Å². The van der Waals surface area contributed by atoms with Gasteiger partial charge in [-0.05, 0) is 12.8 Å². The normalized spacial score (nSPS) is 23.7. The van der Waals surface area contributed by atoms with E-state index in [-0.39, 0.29) is 0 Å². The summed E-state index contributed by atoms with van der Waals surface area (Å²) < 4.78 is 8.81. The third-order valence-corrected chi connectivity index (χ3v) is 2.46. The molecule has 1 aliphatic heterocycles. The van der Waals surface area contributed by atoms with Crippen LogP contribution < -0.4 is 0 Å². The number of rotatable bonds is 6. The molecule has 0 bridgehead atoms. The van der Waals surface area contributed by atoms with Crippen LogP contribution >= 0.6 is 0 Å². The lowest BCUT2D eigenvalue weighted by Gasteiger charge is -2.17. The van der Waals surface area contributed by atoms with Gasteiger partial charge in [0.25, 0.3) is 0 Å². The van der Waals surface area contributed by atoms with Gasteiger partial charge in [-0.25, -0.2) is 4.79 Å². The van der Waals surface area contributed by atoms with Crippen molar-refractivity contribution >= 4 is 6.16 Å². The number of hydrogen-bond donors (Lipinski definition) is 2. The summed E-state index contributed by atoms with van der Waals surface area (Å²) in [7, 11) is 0. The molecule has 1 rings (SSSR count). The van der Waals surface area contributed by atoms with Gasteiger partial charge in [0, 0.05) is 0 Å². The Hall–Kier alpha value is -0.810. The van der Waals surface area contributed by atoms with Gasteiger partial charge >= 0.3 is 12.1 Å². The van der Waals surface area contributed by atoms with Crippen LogP contribution in [0, 0.1) is 0 Å². The first kappa shape index (κ1) is 12.3. The fourth-order valence-corrected chi connectivity index (χ4v) is 1.59. The first-order valence-electron chi connectivity index (χ1n) is 5.40. The first-order chi connectivity index (χ1) is 7.06. The van der Waals surface area contributed by atoms with Gasteiger partial charge in [0.05, 0.1) is 0 Å². The van der Waals surface area contributed by atoms with Crippen molar-refractivity contribution in [2.45, 2.75) is 57.5 Å². The molecule has 1 fully saturated rings. The Labute approximate surface area is 89.0 Å². The monoisotopic (exact) mass is 218 g/mol. The smallest absolute Gasteiger partial charge is 0.421 e. The SMILES string of the molecule is CCCCCCCC1OC(=O)OC1(O)O. The van der Waals surface area contributed by atoms with Crippen LogP contribution in [0.15, 0.2) is 0 Å². The van der Waals surface area contributed by atoms with E-state index in [1.54, 1.807) is 0 Å². The Morgan fingerprint density at radius 2 is 1.93 bits per heavy atom. The van der Waals surface area contributed by atoms with Crippen molar-refractivity contribution in [2.75, 3.05) is 0 Å². The van der Waals surface area contributed by atoms with Crippen LogP contribution in [0.3, 0.4) is 0 Å². The lowest BCUT2D eigenvalue weighted by Crippen LogP contribution is -2.39. The summed E-state index contributed by atoms with van der Waals surface area (Å²) in [5.41, 5.74) is 0. The highest BCUT2D eigenvalue weighted by Gasteiger charge is 2.48. The molecule has 0 aromatic heterocycles. The van der Waals surface area contributed by atoms with Gasteiger partial charge < -0.3 is 19.7 Å². The fourth-order valence-electron chi connectivity index (χ4n) is 1.59. The Bertz CT molecular complexity index is 214. The predicted octanol–water partition coefficient (Wildman–Crippen LogP) is 1.52. The van der Waals surface area contributed by atoms with Crippen molar-refractivity contribution in [3.05, 3.63) is 0 Å². The summed E-state index contributed by atoms with van der Waals surface area (Å²) in [6, 6.07) is 0. The number of carbonyl (C=O) groups excluding carboxylic acids is 1. The van der Waals surface area contributed by atoms with Gasteiger partial charge in [-0.1, -0.05) is 32.6 Å². The van der Waals surface area contributed by atoms with Crippen LogP contribution in [0.1, 0.15) is 45.4 Å². The Morgan fingerprint density at radius 1 is 1.27 bits per heavy atom. The molecule has 0 spiro atoms. The zero-order valence-corrected chi connectivity index (χ0v) is 8.94. The average molecular weight is 218 g/mol. The molecule has 1 heterocycles. The summed E-state index contributed by atoms with van der Waals surface area (Å²) in [5.74, 6) is -2.44. The van der Waals surface area contributed by atoms with E-state index in [1.807, 2.05) is 0 Å². The van der Waals surface area contributed by atoms with Crippen LogP contribution in [-0.4, -0.2) is 28.4 Å².